The summed E-state index contributed by atoms with van der Waals surface area (Å²) in [4.78, 5) is 15.0. The van der Waals surface area contributed by atoms with Crippen molar-refractivity contribution in [1.82, 2.24) is 13.8 Å². The first-order chi connectivity index (χ1) is 17.1. The summed E-state index contributed by atoms with van der Waals surface area (Å²) >= 11 is 0. The first-order valence-corrected chi connectivity index (χ1v) is 13.3. The van der Waals surface area contributed by atoms with Crippen molar-refractivity contribution >= 4 is 32.6 Å². The van der Waals surface area contributed by atoms with Gasteiger partial charge in [0.25, 0.3) is 0 Å². The van der Waals surface area contributed by atoms with Crippen LogP contribution in [0.25, 0.3) is 10.9 Å². The summed E-state index contributed by atoms with van der Waals surface area (Å²) in [5, 5.41) is 14.1. The highest BCUT2D eigenvalue weighted by atomic mass is 32.2. The van der Waals surface area contributed by atoms with E-state index in [2.05, 4.69) is 5.32 Å². The third-order valence-electron chi connectivity index (χ3n) is 7.37. The average Bonchev–Trinajstić information content (AvgIpc) is 3.13. The molecule has 0 radical (unpaired) electrons. The fraction of sp³-hybridized carbons (Fsp3) is 0.400. The Kier molecular flexibility index (Phi) is 5.97. The zero-order chi connectivity index (χ0) is 25.8. The molecule has 9 nitrogen and oxygen atoms in total. The van der Waals surface area contributed by atoms with Crippen LogP contribution in [0.5, 0.6) is 5.75 Å². The van der Waals surface area contributed by atoms with Crippen molar-refractivity contribution < 1.29 is 27.4 Å². The number of methoxy groups -OCH3 is 1. The van der Waals surface area contributed by atoms with Gasteiger partial charge >= 0.3 is 6.03 Å². The van der Waals surface area contributed by atoms with E-state index in [0.29, 0.717) is 11.4 Å². The number of anilines is 1. The Bertz CT molecular complexity index is 1450. The second-order valence-corrected chi connectivity index (χ2v) is 11.7. The van der Waals surface area contributed by atoms with E-state index in [1.807, 2.05) is 29.8 Å². The Hall–Kier alpha value is -3.15. The van der Waals surface area contributed by atoms with Crippen LogP contribution in [0, 0.1) is 5.82 Å². The summed E-state index contributed by atoms with van der Waals surface area (Å²) in [6.45, 7) is 1.93. The molecule has 1 fully saturated rings. The Morgan fingerprint density at radius 2 is 1.97 bits per heavy atom. The van der Waals surface area contributed by atoms with Gasteiger partial charge in [0.15, 0.2) is 0 Å². The van der Waals surface area contributed by atoms with Gasteiger partial charge in [0.2, 0.25) is 10.0 Å². The third kappa shape index (κ3) is 3.73. The molecule has 1 saturated heterocycles. The molecule has 2 aliphatic heterocycles. The van der Waals surface area contributed by atoms with E-state index in [0.717, 1.165) is 22.2 Å². The molecule has 5 rings (SSSR count). The Morgan fingerprint density at radius 1 is 1.22 bits per heavy atom. The summed E-state index contributed by atoms with van der Waals surface area (Å²) in [6.07, 6.45) is 0. The van der Waals surface area contributed by atoms with E-state index >= 15 is 0 Å². The summed E-state index contributed by atoms with van der Waals surface area (Å²) in [6, 6.07) is 10.1. The van der Waals surface area contributed by atoms with Crippen molar-refractivity contribution in [3.05, 3.63) is 59.5 Å². The van der Waals surface area contributed by atoms with Crippen molar-refractivity contribution in [1.29, 1.82) is 0 Å². The van der Waals surface area contributed by atoms with E-state index in [9.17, 15) is 22.7 Å². The number of ether oxygens (including phenoxy) is 1. The highest BCUT2D eigenvalue weighted by Gasteiger charge is 2.56. The lowest BCUT2D eigenvalue weighted by Gasteiger charge is -2.55. The van der Waals surface area contributed by atoms with Crippen LogP contribution in [-0.2, 0) is 22.5 Å². The number of aromatic nitrogens is 1. The Labute approximate surface area is 209 Å². The molecule has 1 spiro atoms. The van der Waals surface area contributed by atoms with Crippen LogP contribution in [0.1, 0.15) is 24.2 Å². The minimum absolute atomic E-state index is 0.00822. The average molecular weight is 517 g/mol. The number of nitrogens with zero attached hydrogens (tertiary/aromatic N) is 3. The summed E-state index contributed by atoms with van der Waals surface area (Å²) in [7, 11) is 0.0383. The number of hydrogen-bond acceptors (Lipinski definition) is 5. The normalized spacial score (nSPS) is 19.2. The molecule has 192 valence electrons. The molecule has 11 heteroatoms. The first-order valence-electron chi connectivity index (χ1n) is 11.7. The van der Waals surface area contributed by atoms with Gasteiger partial charge in [-0.25, -0.2) is 17.6 Å². The number of rotatable bonds is 5. The Balaban J connectivity index is 1.63. The number of aliphatic hydroxyl groups is 1. The minimum atomic E-state index is -3.41. The maximum Gasteiger partial charge on any atom is 0.322 e. The van der Waals surface area contributed by atoms with E-state index in [1.54, 1.807) is 20.1 Å². The summed E-state index contributed by atoms with van der Waals surface area (Å²) in [5.74, 6) is 0.177. The van der Waals surface area contributed by atoms with Crippen molar-refractivity contribution in [2.24, 2.45) is 7.05 Å². The second kappa shape index (κ2) is 8.75. The van der Waals surface area contributed by atoms with Crippen LogP contribution in [0.2, 0.25) is 0 Å². The van der Waals surface area contributed by atoms with E-state index in [4.69, 9.17) is 4.74 Å². The Morgan fingerprint density at radius 3 is 2.61 bits per heavy atom. The number of nitrogens with one attached hydrogen (secondary N) is 1. The second-order valence-electron chi connectivity index (χ2n) is 9.42. The summed E-state index contributed by atoms with van der Waals surface area (Å²) in [5.41, 5.74) is 2.19. The SMILES string of the molecule is CCS(=O)(=O)N1CC2(CN(C(=O)Nc3cccc(F)c3)[C@@H](CO)c3c2c2ccc(OC)cc2n3C)C1. The number of hydrogen-bond donors (Lipinski definition) is 2. The molecule has 0 unspecified atom stereocenters. The topological polar surface area (TPSA) is 104 Å². The van der Waals surface area contributed by atoms with Crippen molar-refractivity contribution in [2.45, 2.75) is 18.4 Å². The molecule has 3 aromatic rings. The molecule has 1 aromatic heterocycles. The zero-order valence-electron chi connectivity index (χ0n) is 20.4. The maximum atomic E-state index is 13.7. The van der Waals surface area contributed by atoms with Gasteiger partial charge in [-0.1, -0.05) is 6.07 Å². The predicted octanol–water partition coefficient (Wildman–Crippen LogP) is 2.81. The number of carbonyl (C=O) groups is 1. The van der Waals surface area contributed by atoms with Gasteiger partial charge in [0, 0.05) is 54.9 Å². The lowest BCUT2D eigenvalue weighted by atomic mass is 9.70. The number of aryl methyl sites for hydroxylation is 1. The van der Waals surface area contributed by atoms with Gasteiger partial charge in [0.05, 0.1) is 31.0 Å². The summed E-state index contributed by atoms with van der Waals surface area (Å²) < 4.78 is 47.8. The fourth-order valence-electron chi connectivity index (χ4n) is 5.60. The molecule has 1 atom stereocenters. The highest BCUT2D eigenvalue weighted by molar-refractivity contribution is 7.89. The predicted molar refractivity (Wildman–Crippen MR) is 134 cm³/mol. The zero-order valence-corrected chi connectivity index (χ0v) is 21.2. The molecule has 2 aromatic carbocycles. The van der Waals surface area contributed by atoms with Crippen LogP contribution in [0.3, 0.4) is 0 Å². The molecule has 2 amide bonds. The van der Waals surface area contributed by atoms with Gasteiger partial charge in [-0.3, -0.25) is 0 Å². The van der Waals surface area contributed by atoms with Crippen molar-refractivity contribution in [2.75, 3.05) is 44.4 Å². The number of benzene rings is 2. The molecule has 2 N–H and O–H groups in total. The molecule has 0 saturated carbocycles. The first kappa shape index (κ1) is 24.5. The maximum absolute atomic E-state index is 13.7. The number of carbonyl (C=O) groups excluding carboxylic acids is 1. The number of aliphatic hydroxyl groups excluding tert-OH is 1. The standard InChI is InChI=1S/C25H29FN4O5S/c1-4-36(33,34)29-13-25(14-29)15-30(24(32)27-17-7-5-6-16(26)10-17)21(12-31)23-22(25)19-9-8-18(35-3)11-20(19)28(23)2/h5-11,21,31H,4,12-15H2,1-3H3,(H,27,32)/t21-/m0/s1. The minimum Gasteiger partial charge on any atom is -0.497 e. The number of urea groups is 1. The van der Waals surface area contributed by atoms with Crippen LogP contribution >= 0.6 is 0 Å². The van der Waals surface area contributed by atoms with E-state index < -0.39 is 33.3 Å². The molecule has 36 heavy (non-hydrogen) atoms. The van der Waals surface area contributed by atoms with Crippen molar-refractivity contribution in [3.8, 4) is 5.75 Å². The van der Waals surface area contributed by atoms with Gasteiger partial charge < -0.3 is 24.6 Å². The lowest BCUT2D eigenvalue weighted by molar-refractivity contribution is 0.0536. The number of amides is 2. The van der Waals surface area contributed by atoms with Crippen LogP contribution in [-0.4, -0.2) is 72.4 Å². The molecular formula is C25H29FN4O5S. The number of halogens is 1. The highest BCUT2D eigenvalue weighted by Crippen LogP contribution is 2.50. The van der Waals surface area contributed by atoms with Crippen LogP contribution in [0.4, 0.5) is 14.9 Å². The van der Waals surface area contributed by atoms with Gasteiger partial charge in [-0.2, -0.15) is 4.31 Å². The monoisotopic (exact) mass is 516 g/mol. The molecule has 0 bridgehead atoms. The van der Waals surface area contributed by atoms with Gasteiger partial charge in [-0.15, -0.1) is 0 Å². The van der Waals surface area contributed by atoms with Crippen LogP contribution < -0.4 is 10.1 Å². The molecule has 0 aliphatic carbocycles. The van der Waals surface area contributed by atoms with E-state index in [1.165, 1.54) is 27.4 Å². The van der Waals surface area contributed by atoms with E-state index in [-0.39, 0.29) is 32.0 Å². The lowest BCUT2D eigenvalue weighted by Crippen LogP contribution is -2.68. The molecule has 3 heterocycles. The number of sulfonamides is 1. The van der Waals surface area contributed by atoms with Gasteiger partial charge in [-0.05, 0) is 42.8 Å². The number of fused-ring (bicyclic) bond motifs is 4. The largest absolute Gasteiger partial charge is 0.497 e. The van der Waals surface area contributed by atoms with Crippen LogP contribution in [0.15, 0.2) is 42.5 Å². The van der Waals surface area contributed by atoms with Gasteiger partial charge in [0.1, 0.15) is 11.6 Å². The quantitative estimate of drug-likeness (QED) is 0.543. The molecular weight excluding hydrogens is 487 g/mol. The third-order valence-corrected chi connectivity index (χ3v) is 9.15. The fourth-order valence-corrected chi connectivity index (χ4v) is 6.85. The molecule has 2 aliphatic rings. The van der Waals surface area contributed by atoms with Crippen molar-refractivity contribution in [3.63, 3.8) is 0 Å². The smallest absolute Gasteiger partial charge is 0.322 e.